The topological polar surface area (TPSA) is 40.5 Å². The standard InChI is InChI=1S/C13H17ClO2/c14-11-5-3-10(4-6-11)9-12(15)13(16)7-1-2-8-13/h3-6,12,15-16H,1-2,7-9H2. The predicted octanol–water partition coefficient (Wildman–Crippen LogP) is 2.55. The van der Waals surface area contributed by atoms with Gasteiger partial charge < -0.3 is 10.2 Å². The molecule has 0 saturated heterocycles. The smallest absolute Gasteiger partial charge is 0.0908 e. The van der Waals surface area contributed by atoms with E-state index in [4.69, 9.17) is 11.6 Å². The maximum atomic E-state index is 10.2. The summed E-state index contributed by atoms with van der Waals surface area (Å²) in [5.74, 6) is 0. The molecule has 88 valence electrons. The van der Waals surface area contributed by atoms with Crippen LogP contribution < -0.4 is 0 Å². The number of halogens is 1. The third kappa shape index (κ3) is 2.57. The van der Waals surface area contributed by atoms with Gasteiger partial charge in [-0.3, -0.25) is 0 Å². The lowest BCUT2D eigenvalue weighted by molar-refractivity contribution is -0.0689. The van der Waals surface area contributed by atoms with Crippen LogP contribution in [-0.4, -0.2) is 21.9 Å². The first kappa shape index (κ1) is 11.9. The number of hydrogen-bond donors (Lipinski definition) is 2. The van der Waals surface area contributed by atoms with Gasteiger partial charge in [-0.25, -0.2) is 0 Å². The van der Waals surface area contributed by atoms with E-state index < -0.39 is 11.7 Å². The van der Waals surface area contributed by atoms with Crippen LogP contribution in [0.1, 0.15) is 31.2 Å². The molecule has 3 heteroatoms. The average Bonchev–Trinajstić information content (AvgIpc) is 2.70. The normalized spacial score (nSPS) is 20.9. The third-order valence-electron chi connectivity index (χ3n) is 3.43. The van der Waals surface area contributed by atoms with Crippen molar-refractivity contribution in [2.45, 2.75) is 43.8 Å². The zero-order chi connectivity index (χ0) is 11.6. The van der Waals surface area contributed by atoms with Gasteiger partial charge in [-0.15, -0.1) is 0 Å². The summed E-state index contributed by atoms with van der Waals surface area (Å²) in [4.78, 5) is 0. The van der Waals surface area contributed by atoms with Gasteiger partial charge in [-0.1, -0.05) is 36.6 Å². The van der Waals surface area contributed by atoms with E-state index >= 15 is 0 Å². The first-order chi connectivity index (χ1) is 7.60. The second kappa shape index (κ2) is 4.74. The molecule has 0 bridgehead atoms. The van der Waals surface area contributed by atoms with E-state index in [0.717, 1.165) is 18.4 Å². The molecule has 0 aliphatic heterocycles. The summed E-state index contributed by atoms with van der Waals surface area (Å²) in [6.07, 6.45) is 3.26. The van der Waals surface area contributed by atoms with E-state index in [-0.39, 0.29) is 0 Å². The Bertz CT molecular complexity index is 341. The van der Waals surface area contributed by atoms with E-state index in [0.29, 0.717) is 24.3 Å². The lowest BCUT2D eigenvalue weighted by atomic mass is 9.90. The van der Waals surface area contributed by atoms with Gasteiger partial charge in [0.25, 0.3) is 0 Å². The molecule has 0 spiro atoms. The van der Waals surface area contributed by atoms with Crippen molar-refractivity contribution >= 4 is 11.6 Å². The Morgan fingerprint density at radius 2 is 1.75 bits per heavy atom. The summed E-state index contributed by atoms with van der Waals surface area (Å²) in [5.41, 5.74) is 0.136. The zero-order valence-electron chi connectivity index (χ0n) is 9.19. The number of aliphatic hydroxyl groups excluding tert-OH is 1. The fourth-order valence-corrected chi connectivity index (χ4v) is 2.48. The highest BCUT2D eigenvalue weighted by Crippen LogP contribution is 2.33. The molecule has 1 fully saturated rings. The molecule has 0 radical (unpaired) electrons. The van der Waals surface area contributed by atoms with Crippen LogP contribution in [0.15, 0.2) is 24.3 Å². The highest BCUT2D eigenvalue weighted by molar-refractivity contribution is 6.30. The zero-order valence-corrected chi connectivity index (χ0v) is 9.95. The maximum absolute atomic E-state index is 10.2. The molecule has 16 heavy (non-hydrogen) atoms. The minimum Gasteiger partial charge on any atom is -0.390 e. The first-order valence-corrected chi connectivity index (χ1v) is 6.13. The summed E-state index contributed by atoms with van der Waals surface area (Å²) >= 11 is 5.79. The molecule has 1 unspecified atom stereocenters. The Balaban J connectivity index is 2.01. The Morgan fingerprint density at radius 3 is 2.31 bits per heavy atom. The first-order valence-electron chi connectivity index (χ1n) is 5.75. The highest BCUT2D eigenvalue weighted by Gasteiger charge is 2.38. The quantitative estimate of drug-likeness (QED) is 0.853. The molecule has 1 saturated carbocycles. The minimum absolute atomic E-state index is 0.494. The van der Waals surface area contributed by atoms with Gasteiger partial charge in [0.15, 0.2) is 0 Å². The average molecular weight is 241 g/mol. The molecule has 1 atom stereocenters. The van der Waals surface area contributed by atoms with E-state index in [2.05, 4.69) is 0 Å². The van der Waals surface area contributed by atoms with Crippen molar-refractivity contribution in [3.63, 3.8) is 0 Å². The summed E-state index contributed by atoms with van der Waals surface area (Å²) in [7, 11) is 0. The Morgan fingerprint density at radius 1 is 1.19 bits per heavy atom. The van der Waals surface area contributed by atoms with Gasteiger partial charge in [-0.2, -0.15) is 0 Å². The second-order valence-corrected chi connectivity index (χ2v) is 5.09. The number of benzene rings is 1. The Kier molecular flexibility index (Phi) is 3.53. The molecule has 2 rings (SSSR count). The molecule has 2 nitrogen and oxygen atoms in total. The van der Waals surface area contributed by atoms with Crippen molar-refractivity contribution in [1.82, 2.24) is 0 Å². The van der Waals surface area contributed by atoms with Crippen LogP contribution in [0.25, 0.3) is 0 Å². The van der Waals surface area contributed by atoms with Crippen molar-refractivity contribution in [2.24, 2.45) is 0 Å². The molecule has 0 amide bonds. The Labute approximate surface area is 101 Å². The van der Waals surface area contributed by atoms with Gasteiger partial charge in [-0.05, 0) is 30.5 Å². The molecule has 0 heterocycles. The van der Waals surface area contributed by atoms with Crippen molar-refractivity contribution < 1.29 is 10.2 Å². The van der Waals surface area contributed by atoms with Crippen LogP contribution in [0.3, 0.4) is 0 Å². The van der Waals surface area contributed by atoms with Crippen LogP contribution in [-0.2, 0) is 6.42 Å². The molecular weight excluding hydrogens is 224 g/mol. The van der Waals surface area contributed by atoms with Gasteiger partial charge in [0, 0.05) is 11.4 Å². The molecule has 0 aromatic heterocycles. The van der Waals surface area contributed by atoms with Crippen LogP contribution in [0.4, 0.5) is 0 Å². The van der Waals surface area contributed by atoms with Gasteiger partial charge >= 0.3 is 0 Å². The highest BCUT2D eigenvalue weighted by atomic mass is 35.5. The van der Waals surface area contributed by atoms with Crippen molar-refractivity contribution in [1.29, 1.82) is 0 Å². The fraction of sp³-hybridized carbons (Fsp3) is 0.538. The maximum Gasteiger partial charge on any atom is 0.0908 e. The predicted molar refractivity (Wildman–Crippen MR) is 64.6 cm³/mol. The minimum atomic E-state index is -0.875. The summed E-state index contributed by atoms with van der Waals surface area (Å²) in [6, 6.07) is 7.40. The number of hydrogen-bond acceptors (Lipinski definition) is 2. The third-order valence-corrected chi connectivity index (χ3v) is 3.68. The van der Waals surface area contributed by atoms with E-state index in [1.165, 1.54) is 0 Å². The lowest BCUT2D eigenvalue weighted by Gasteiger charge is -2.28. The molecule has 2 N–H and O–H groups in total. The summed E-state index contributed by atoms with van der Waals surface area (Å²) in [6.45, 7) is 0. The number of rotatable bonds is 3. The molecule has 1 aromatic rings. The van der Waals surface area contributed by atoms with E-state index in [1.54, 1.807) is 0 Å². The van der Waals surface area contributed by atoms with Gasteiger partial charge in [0.1, 0.15) is 0 Å². The Hall–Kier alpha value is -0.570. The summed E-state index contributed by atoms with van der Waals surface area (Å²) in [5, 5.41) is 20.9. The van der Waals surface area contributed by atoms with Crippen molar-refractivity contribution in [3.05, 3.63) is 34.9 Å². The second-order valence-electron chi connectivity index (χ2n) is 4.66. The van der Waals surface area contributed by atoms with Crippen LogP contribution in [0, 0.1) is 0 Å². The van der Waals surface area contributed by atoms with Gasteiger partial charge in [0.05, 0.1) is 11.7 Å². The van der Waals surface area contributed by atoms with Crippen LogP contribution >= 0.6 is 11.6 Å². The molecule has 1 aromatic carbocycles. The van der Waals surface area contributed by atoms with Crippen LogP contribution in [0.2, 0.25) is 5.02 Å². The van der Waals surface area contributed by atoms with Gasteiger partial charge in [0.2, 0.25) is 0 Å². The SMILES string of the molecule is OC(Cc1ccc(Cl)cc1)C1(O)CCCC1. The number of aliphatic hydroxyl groups is 2. The van der Waals surface area contributed by atoms with Crippen molar-refractivity contribution in [2.75, 3.05) is 0 Å². The van der Waals surface area contributed by atoms with E-state index in [9.17, 15) is 10.2 Å². The van der Waals surface area contributed by atoms with Crippen molar-refractivity contribution in [3.8, 4) is 0 Å². The molecule has 1 aliphatic carbocycles. The molecular formula is C13H17ClO2. The van der Waals surface area contributed by atoms with E-state index in [1.807, 2.05) is 24.3 Å². The lowest BCUT2D eigenvalue weighted by Crippen LogP contribution is -2.40. The largest absolute Gasteiger partial charge is 0.390 e. The molecule has 1 aliphatic rings. The summed E-state index contributed by atoms with van der Waals surface area (Å²) < 4.78 is 0. The fourth-order valence-electron chi connectivity index (χ4n) is 2.35. The monoisotopic (exact) mass is 240 g/mol. The van der Waals surface area contributed by atoms with Crippen LogP contribution in [0.5, 0.6) is 0 Å².